The molecule has 0 spiro atoms. The van der Waals surface area contributed by atoms with Crippen molar-refractivity contribution in [1.29, 1.82) is 0 Å². The van der Waals surface area contributed by atoms with Gasteiger partial charge in [-0.15, -0.1) is 0 Å². The Hall–Kier alpha value is -1.86. The second kappa shape index (κ2) is 9.09. The Morgan fingerprint density at radius 1 is 0.643 bits per heavy atom. The molecular weight excluding hydrogens is 531 g/mol. The molecule has 0 radical (unpaired) electrons. The molecule has 2 N–H and O–H groups in total. The molecule has 0 atom stereocenters. The fraction of sp³-hybridized carbons (Fsp3) is 0. The number of halogens is 4. The van der Waals surface area contributed by atoms with E-state index in [9.17, 15) is 9.59 Å². The molecule has 3 aromatic carbocycles. The largest absolute Gasteiger partial charge is 0.322 e. The summed E-state index contributed by atoms with van der Waals surface area (Å²) in [5.74, 6) is -0.602. The SMILES string of the molecule is O=C(Nc1ccc(Br)c(Cl)c1)c1ccc(C(=O)Nc2ccc(Br)c(Cl)c2)cc1. The maximum Gasteiger partial charge on any atom is 0.255 e. The van der Waals surface area contributed by atoms with Gasteiger partial charge in [-0.1, -0.05) is 23.2 Å². The molecule has 0 heterocycles. The van der Waals surface area contributed by atoms with Crippen LogP contribution in [0.2, 0.25) is 10.0 Å². The molecule has 0 aromatic heterocycles. The van der Waals surface area contributed by atoms with Crippen molar-refractivity contribution in [3.8, 4) is 0 Å². The number of hydrogen-bond donors (Lipinski definition) is 2. The number of carbonyl (C=O) groups excluding carboxylic acids is 2. The fourth-order valence-corrected chi connectivity index (χ4v) is 3.18. The van der Waals surface area contributed by atoms with Crippen LogP contribution in [-0.4, -0.2) is 11.8 Å². The van der Waals surface area contributed by atoms with Crippen LogP contribution in [0, 0.1) is 0 Å². The standard InChI is InChI=1S/C20H12Br2Cl2N2O2/c21-15-7-5-13(9-17(15)23)25-19(27)11-1-2-12(4-3-11)20(28)26-14-6-8-16(22)18(24)10-14/h1-10H,(H,25,27)(H,26,28). The van der Waals surface area contributed by atoms with E-state index in [-0.39, 0.29) is 11.8 Å². The van der Waals surface area contributed by atoms with Crippen molar-refractivity contribution in [1.82, 2.24) is 0 Å². The normalized spacial score (nSPS) is 10.4. The lowest BCUT2D eigenvalue weighted by molar-refractivity contribution is 0.101. The third-order valence-corrected chi connectivity index (χ3v) is 6.23. The van der Waals surface area contributed by atoms with Gasteiger partial charge >= 0.3 is 0 Å². The van der Waals surface area contributed by atoms with Crippen LogP contribution < -0.4 is 10.6 Å². The third kappa shape index (κ3) is 5.14. The van der Waals surface area contributed by atoms with Crippen LogP contribution in [0.1, 0.15) is 20.7 Å². The lowest BCUT2D eigenvalue weighted by Gasteiger charge is -2.08. The summed E-state index contributed by atoms with van der Waals surface area (Å²) in [4.78, 5) is 24.7. The van der Waals surface area contributed by atoms with Crippen molar-refractivity contribution in [3.63, 3.8) is 0 Å². The summed E-state index contributed by atoms with van der Waals surface area (Å²) < 4.78 is 1.49. The van der Waals surface area contributed by atoms with E-state index in [0.717, 1.165) is 8.95 Å². The molecule has 0 aliphatic heterocycles. The molecule has 3 rings (SSSR count). The first-order valence-corrected chi connectivity index (χ1v) is 10.3. The van der Waals surface area contributed by atoms with Crippen LogP contribution in [0.4, 0.5) is 11.4 Å². The second-order valence-corrected chi connectivity index (χ2v) is 8.27. The number of amides is 2. The van der Waals surface area contributed by atoms with Gasteiger partial charge in [-0.25, -0.2) is 0 Å². The predicted molar refractivity (Wildman–Crippen MR) is 121 cm³/mol. The topological polar surface area (TPSA) is 58.2 Å². The fourth-order valence-electron chi connectivity index (χ4n) is 2.33. The van der Waals surface area contributed by atoms with E-state index < -0.39 is 0 Å². The van der Waals surface area contributed by atoms with Crippen molar-refractivity contribution >= 4 is 78.3 Å². The first-order chi connectivity index (χ1) is 13.3. The van der Waals surface area contributed by atoms with E-state index in [1.807, 2.05) is 0 Å². The van der Waals surface area contributed by atoms with E-state index >= 15 is 0 Å². The molecule has 8 heteroatoms. The Labute approximate surface area is 188 Å². The maximum absolute atomic E-state index is 12.4. The van der Waals surface area contributed by atoms with E-state index in [1.165, 1.54) is 0 Å². The van der Waals surface area contributed by atoms with Crippen molar-refractivity contribution in [2.45, 2.75) is 0 Å². The molecule has 2 amide bonds. The van der Waals surface area contributed by atoms with Gasteiger partial charge in [0.15, 0.2) is 0 Å². The van der Waals surface area contributed by atoms with Crippen LogP contribution in [0.15, 0.2) is 69.6 Å². The lowest BCUT2D eigenvalue weighted by Crippen LogP contribution is -2.14. The molecule has 0 aliphatic carbocycles. The van der Waals surface area contributed by atoms with E-state index in [1.54, 1.807) is 60.7 Å². The summed E-state index contributed by atoms with van der Waals surface area (Å²) in [7, 11) is 0. The van der Waals surface area contributed by atoms with E-state index in [0.29, 0.717) is 32.5 Å². The van der Waals surface area contributed by atoms with Crippen LogP contribution >= 0.6 is 55.1 Å². The zero-order chi connectivity index (χ0) is 20.3. The smallest absolute Gasteiger partial charge is 0.255 e. The Bertz CT molecular complexity index is 972. The van der Waals surface area contributed by atoms with Crippen molar-refractivity contribution in [3.05, 3.63) is 90.8 Å². The van der Waals surface area contributed by atoms with Crippen LogP contribution in [0.3, 0.4) is 0 Å². The minimum absolute atomic E-state index is 0.301. The van der Waals surface area contributed by atoms with Crippen molar-refractivity contribution in [2.24, 2.45) is 0 Å². The summed E-state index contributed by atoms with van der Waals surface area (Å²) in [5, 5.41) is 6.52. The van der Waals surface area contributed by atoms with Gasteiger partial charge in [0, 0.05) is 31.4 Å². The highest BCUT2D eigenvalue weighted by atomic mass is 79.9. The van der Waals surface area contributed by atoms with Gasteiger partial charge in [-0.3, -0.25) is 9.59 Å². The Kier molecular flexibility index (Phi) is 6.78. The summed E-state index contributed by atoms with van der Waals surface area (Å²) in [6.07, 6.45) is 0. The highest BCUT2D eigenvalue weighted by Crippen LogP contribution is 2.27. The van der Waals surface area contributed by atoms with Crippen molar-refractivity contribution < 1.29 is 9.59 Å². The molecule has 0 saturated heterocycles. The van der Waals surface area contributed by atoms with Crippen molar-refractivity contribution in [2.75, 3.05) is 10.6 Å². The summed E-state index contributed by atoms with van der Waals surface area (Å²) in [5.41, 5.74) is 1.99. The van der Waals surface area contributed by atoms with E-state index in [2.05, 4.69) is 42.5 Å². The first-order valence-electron chi connectivity index (χ1n) is 7.96. The molecule has 0 fully saturated rings. The van der Waals surface area contributed by atoms with Crippen LogP contribution in [-0.2, 0) is 0 Å². The number of carbonyl (C=O) groups is 2. The van der Waals surface area contributed by atoms with Gasteiger partial charge in [0.2, 0.25) is 0 Å². The Balaban J connectivity index is 1.67. The second-order valence-electron chi connectivity index (χ2n) is 5.74. The minimum Gasteiger partial charge on any atom is -0.322 e. The van der Waals surface area contributed by atoms with Gasteiger partial charge in [0.25, 0.3) is 11.8 Å². The molecule has 4 nitrogen and oxygen atoms in total. The van der Waals surface area contributed by atoms with Crippen LogP contribution in [0.5, 0.6) is 0 Å². The van der Waals surface area contributed by atoms with Gasteiger partial charge in [-0.05, 0) is 92.5 Å². The minimum atomic E-state index is -0.301. The molecule has 142 valence electrons. The predicted octanol–water partition coefficient (Wildman–Crippen LogP) is 7.02. The summed E-state index contributed by atoms with van der Waals surface area (Å²) in [6.45, 7) is 0. The third-order valence-electron chi connectivity index (χ3n) is 3.76. The molecule has 28 heavy (non-hydrogen) atoms. The number of nitrogens with one attached hydrogen (secondary N) is 2. The highest BCUT2D eigenvalue weighted by molar-refractivity contribution is 9.10. The molecular formula is C20H12Br2Cl2N2O2. The Morgan fingerprint density at radius 3 is 1.32 bits per heavy atom. The average Bonchev–Trinajstić information content (AvgIpc) is 2.67. The quantitative estimate of drug-likeness (QED) is 0.372. The van der Waals surface area contributed by atoms with Gasteiger partial charge < -0.3 is 10.6 Å². The number of benzene rings is 3. The molecule has 3 aromatic rings. The Morgan fingerprint density at radius 2 is 1.00 bits per heavy atom. The number of rotatable bonds is 4. The van der Waals surface area contributed by atoms with E-state index in [4.69, 9.17) is 23.2 Å². The highest BCUT2D eigenvalue weighted by Gasteiger charge is 2.11. The van der Waals surface area contributed by atoms with Gasteiger partial charge in [0.05, 0.1) is 10.0 Å². The van der Waals surface area contributed by atoms with Crippen LogP contribution in [0.25, 0.3) is 0 Å². The van der Waals surface area contributed by atoms with Gasteiger partial charge in [0.1, 0.15) is 0 Å². The zero-order valence-corrected chi connectivity index (χ0v) is 18.8. The summed E-state index contributed by atoms with van der Waals surface area (Å²) >= 11 is 18.7. The monoisotopic (exact) mass is 540 g/mol. The molecule has 0 bridgehead atoms. The molecule has 0 saturated carbocycles. The first kappa shape index (κ1) is 20.9. The zero-order valence-electron chi connectivity index (χ0n) is 14.1. The lowest BCUT2D eigenvalue weighted by atomic mass is 10.1. The van der Waals surface area contributed by atoms with Gasteiger partial charge in [-0.2, -0.15) is 0 Å². The maximum atomic E-state index is 12.4. The molecule has 0 aliphatic rings. The summed E-state index contributed by atoms with van der Waals surface area (Å²) in [6, 6.07) is 16.6. The number of hydrogen-bond acceptors (Lipinski definition) is 2. The average molecular weight is 543 g/mol. The number of anilines is 2. The molecule has 0 unspecified atom stereocenters.